The van der Waals surface area contributed by atoms with E-state index in [-0.39, 0.29) is 5.56 Å². The van der Waals surface area contributed by atoms with Crippen LogP contribution in [-0.2, 0) is 6.54 Å². The van der Waals surface area contributed by atoms with E-state index in [1.165, 1.54) is 12.1 Å². The maximum absolute atomic E-state index is 13.7. The highest BCUT2D eigenvalue weighted by Crippen LogP contribution is 2.21. The Kier molecular flexibility index (Phi) is 4.73. The lowest BCUT2D eigenvalue weighted by Crippen LogP contribution is -2.37. The molecule has 1 N–H and O–H groups in total. The van der Waals surface area contributed by atoms with Gasteiger partial charge < -0.3 is 10.0 Å². The number of carbonyl (C=O) groups is 1. The van der Waals surface area contributed by atoms with Crippen molar-refractivity contribution in [2.75, 3.05) is 27.2 Å². The van der Waals surface area contributed by atoms with Gasteiger partial charge in [0.25, 0.3) is 0 Å². The summed E-state index contributed by atoms with van der Waals surface area (Å²) in [6.45, 7) is 2.69. The highest BCUT2D eigenvalue weighted by atomic mass is 19.1. The molecule has 0 bridgehead atoms. The number of aromatic carboxylic acids is 1. The van der Waals surface area contributed by atoms with Crippen molar-refractivity contribution >= 4 is 5.97 Å². The van der Waals surface area contributed by atoms with Gasteiger partial charge in [-0.25, -0.2) is 9.18 Å². The number of hydrogen-bond acceptors (Lipinski definition) is 3. The Morgan fingerprint density at radius 2 is 2.25 bits per heavy atom. The molecule has 110 valence electrons. The number of carboxylic acids is 1. The fourth-order valence-electron chi connectivity index (χ4n) is 2.80. The van der Waals surface area contributed by atoms with Crippen molar-refractivity contribution in [2.45, 2.75) is 25.4 Å². The van der Waals surface area contributed by atoms with Crippen LogP contribution >= 0.6 is 0 Å². The van der Waals surface area contributed by atoms with Gasteiger partial charge in [0.1, 0.15) is 5.82 Å². The molecule has 0 saturated carbocycles. The molecular formula is C15H21FN2O2. The summed E-state index contributed by atoms with van der Waals surface area (Å²) < 4.78 is 13.7. The third-order valence-electron chi connectivity index (χ3n) is 3.72. The molecule has 1 fully saturated rings. The third kappa shape index (κ3) is 3.55. The van der Waals surface area contributed by atoms with Crippen molar-refractivity contribution in [3.05, 3.63) is 35.1 Å². The number of carboxylic acid groups (broad SMARTS) is 1. The van der Waals surface area contributed by atoms with E-state index in [2.05, 4.69) is 23.9 Å². The van der Waals surface area contributed by atoms with Gasteiger partial charge in [-0.1, -0.05) is 6.07 Å². The molecule has 1 aromatic rings. The molecule has 0 radical (unpaired) electrons. The van der Waals surface area contributed by atoms with Gasteiger partial charge in [-0.2, -0.15) is 0 Å². The largest absolute Gasteiger partial charge is 0.478 e. The first-order valence-corrected chi connectivity index (χ1v) is 6.88. The molecule has 1 unspecified atom stereocenters. The van der Waals surface area contributed by atoms with Crippen molar-refractivity contribution < 1.29 is 14.3 Å². The van der Waals surface area contributed by atoms with Crippen LogP contribution in [0, 0.1) is 5.82 Å². The Labute approximate surface area is 118 Å². The fraction of sp³-hybridized carbons (Fsp3) is 0.533. The van der Waals surface area contributed by atoms with Crippen LogP contribution in [0.5, 0.6) is 0 Å². The van der Waals surface area contributed by atoms with Crippen LogP contribution in [0.3, 0.4) is 0 Å². The summed E-state index contributed by atoms with van der Waals surface area (Å²) in [5, 5.41) is 8.83. The number of rotatable bonds is 5. The van der Waals surface area contributed by atoms with Gasteiger partial charge in [0.05, 0.1) is 5.56 Å². The van der Waals surface area contributed by atoms with Crippen LogP contribution in [0.1, 0.15) is 28.8 Å². The molecule has 1 saturated heterocycles. The highest BCUT2D eigenvalue weighted by molar-refractivity contribution is 5.87. The van der Waals surface area contributed by atoms with Gasteiger partial charge in [0.2, 0.25) is 0 Å². The molecule has 4 nitrogen and oxygen atoms in total. The standard InChI is InChI=1S/C15H21FN2O2/c1-17(2)10-12-4-3-7-18(12)9-11-5-6-13(15(19)20)14(16)8-11/h5-6,8,12H,3-4,7,9-10H2,1-2H3,(H,19,20). The minimum atomic E-state index is -1.22. The van der Waals surface area contributed by atoms with Crippen molar-refractivity contribution in [1.29, 1.82) is 0 Å². The summed E-state index contributed by atoms with van der Waals surface area (Å²) in [6, 6.07) is 4.89. The number of likely N-dealkylation sites (tertiary alicyclic amines) is 1. The van der Waals surface area contributed by atoms with E-state index < -0.39 is 11.8 Å². The van der Waals surface area contributed by atoms with Crippen LogP contribution in [0.15, 0.2) is 18.2 Å². The Bertz CT molecular complexity index is 491. The third-order valence-corrected chi connectivity index (χ3v) is 3.72. The molecule has 20 heavy (non-hydrogen) atoms. The van der Waals surface area contributed by atoms with Crippen LogP contribution in [0.25, 0.3) is 0 Å². The van der Waals surface area contributed by atoms with E-state index in [4.69, 9.17) is 5.11 Å². The van der Waals surface area contributed by atoms with Crippen molar-refractivity contribution in [3.8, 4) is 0 Å². The number of halogens is 1. The Morgan fingerprint density at radius 1 is 1.50 bits per heavy atom. The zero-order valence-electron chi connectivity index (χ0n) is 12.0. The van der Waals surface area contributed by atoms with Gasteiger partial charge >= 0.3 is 5.97 Å². The van der Waals surface area contributed by atoms with E-state index in [0.29, 0.717) is 12.6 Å². The van der Waals surface area contributed by atoms with Gasteiger partial charge in [-0.3, -0.25) is 4.90 Å². The molecule has 1 aliphatic rings. The van der Waals surface area contributed by atoms with Crippen LogP contribution in [0.2, 0.25) is 0 Å². The SMILES string of the molecule is CN(C)CC1CCCN1Cc1ccc(C(=O)O)c(F)c1. The van der Waals surface area contributed by atoms with E-state index >= 15 is 0 Å². The number of benzene rings is 1. The lowest BCUT2D eigenvalue weighted by Gasteiger charge is -2.27. The fourth-order valence-corrected chi connectivity index (χ4v) is 2.80. The summed E-state index contributed by atoms with van der Waals surface area (Å²) in [7, 11) is 4.11. The van der Waals surface area contributed by atoms with Crippen LogP contribution < -0.4 is 0 Å². The van der Waals surface area contributed by atoms with Crippen LogP contribution in [0.4, 0.5) is 4.39 Å². The quantitative estimate of drug-likeness (QED) is 0.896. The molecule has 1 aliphatic heterocycles. The first-order valence-electron chi connectivity index (χ1n) is 6.88. The Balaban J connectivity index is 2.06. The summed E-state index contributed by atoms with van der Waals surface area (Å²) in [5.74, 6) is -1.88. The zero-order valence-corrected chi connectivity index (χ0v) is 12.0. The Morgan fingerprint density at radius 3 is 2.85 bits per heavy atom. The van der Waals surface area contributed by atoms with Gasteiger partial charge in [0.15, 0.2) is 0 Å². The summed E-state index contributed by atoms with van der Waals surface area (Å²) >= 11 is 0. The molecule has 1 aromatic carbocycles. The molecule has 5 heteroatoms. The van der Waals surface area contributed by atoms with Gasteiger partial charge in [-0.15, -0.1) is 0 Å². The molecule has 0 spiro atoms. The normalized spacial score (nSPS) is 19.7. The van der Waals surface area contributed by atoms with E-state index in [9.17, 15) is 9.18 Å². The maximum atomic E-state index is 13.7. The molecule has 0 amide bonds. The maximum Gasteiger partial charge on any atom is 0.338 e. The zero-order chi connectivity index (χ0) is 14.7. The second kappa shape index (κ2) is 6.33. The minimum absolute atomic E-state index is 0.264. The predicted octanol–water partition coefficient (Wildman–Crippen LogP) is 2.05. The van der Waals surface area contributed by atoms with Gasteiger partial charge in [0, 0.05) is 19.1 Å². The topological polar surface area (TPSA) is 43.8 Å². The predicted molar refractivity (Wildman–Crippen MR) is 75.3 cm³/mol. The number of hydrogen-bond donors (Lipinski definition) is 1. The highest BCUT2D eigenvalue weighted by Gasteiger charge is 2.25. The Hall–Kier alpha value is -1.46. The van der Waals surface area contributed by atoms with Gasteiger partial charge in [-0.05, 0) is 51.2 Å². The summed E-state index contributed by atoms with van der Waals surface area (Å²) in [5.41, 5.74) is 0.568. The average molecular weight is 280 g/mol. The van der Waals surface area contributed by atoms with E-state index in [1.807, 2.05) is 0 Å². The smallest absolute Gasteiger partial charge is 0.338 e. The first-order chi connectivity index (χ1) is 9.47. The summed E-state index contributed by atoms with van der Waals surface area (Å²) in [4.78, 5) is 15.3. The average Bonchev–Trinajstić information content (AvgIpc) is 2.75. The lowest BCUT2D eigenvalue weighted by atomic mass is 10.1. The molecule has 1 heterocycles. The van der Waals surface area contributed by atoms with Crippen molar-refractivity contribution in [2.24, 2.45) is 0 Å². The first kappa shape index (κ1) is 14.9. The van der Waals surface area contributed by atoms with Crippen LogP contribution in [-0.4, -0.2) is 54.1 Å². The number of likely N-dealkylation sites (N-methyl/N-ethyl adjacent to an activating group) is 1. The summed E-state index contributed by atoms with van der Waals surface area (Å²) in [6.07, 6.45) is 2.32. The van der Waals surface area contributed by atoms with E-state index in [1.54, 1.807) is 6.07 Å². The second-order valence-corrected chi connectivity index (χ2v) is 5.65. The number of nitrogens with zero attached hydrogens (tertiary/aromatic N) is 2. The molecule has 2 rings (SSSR count). The van der Waals surface area contributed by atoms with Crippen molar-refractivity contribution in [3.63, 3.8) is 0 Å². The van der Waals surface area contributed by atoms with E-state index in [0.717, 1.165) is 31.5 Å². The molecular weight excluding hydrogens is 259 g/mol. The molecule has 1 atom stereocenters. The molecule has 0 aliphatic carbocycles. The monoisotopic (exact) mass is 280 g/mol. The molecule has 0 aromatic heterocycles. The van der Waals surface area contributed by atoms with Crippen molar-refractivity contribution in [1.82, 2.24) is 9.80 Å². The minimum Gasteiger partial charge on any atom is -0.478 e. The lowest BCUT2D eigenvalue weighted by molar-refractivity contribution is 0.0692. The second-order valence-electron chi connectivity index (χ2n) is 5.65.